The van der Waals surface area contributed by atoms with Gasteiger partial charge in [0.05, 0.1) is 22.0 Å². The van der Waals surface area contributed by atoms with Crippen LogP contribution >= 0.6 is 11.6 Å². The van der Waals surface area contributed by atoms with Gasteiger partial charge in [-0.3, -0.25) is 19.5 Å². The van der Waals surface area contributed by atoms with Gasteiger partial charge in [0.25, 0.3) is 0 Å². The van der Waals surface area contributed by atoms with Crippen molar-refractivity contribution < 1.29 is 18.4 Å². The van der Waals surface area contributed by atoms with Gasteiger partial charge in [-0.15, -0.1) is 0 Å². The molecule has 0 bridgehead atoms. The number of aromatic nitrogens is 1. The molecule has 4 rings (SSSR count). The maximum atomic E-state index is 14.9. The van der Waals surface area contributed by atoms with Crippen molar-refractivity contribution in [3.8, 4) is 11.3 Å². The number of nitrogens with zero attached hydrogens (tertiary/aromatic N) is 5. The van der Waals surface area contributed by atoms with Crippen LogP contribution < -0.4 is 4.90 Å². The van der Waals surface area contributed by atoms with E-state index in [0.29, 0.717) is 43.1 Å². The number of anilines is 2. The molecule has 0 radical (unpaired) electrons. The Bertz CT molecular complexity index is 1510. The van der Waals surface area contributed by atoms with E-state index >= 15 is 0 Å². The molecular weight excluding hydrogens is 548 g/mol. The molecule has 2 aromatic carbocycles. The van der Waals surface area contributed by atoms with Gasteiger partial charge in [-0.05, 0) is 48.7 Å². The van der Waals surface area contributed by atoms with Gasteiger partial charge in [-0.1, -0.05) is 50.2 Å². The maximum Gasteiger partial charge on any atom is 0.246 e. The second-order valence-corrected chi connectivity index (χ2v) is 10.5. The molecule has 41 heavy (non-hydrogen) atoms. The van der Waals surface area contributed by atoms with Crippen molar-refractivity contribution in [1.29, 1.82) is 0 Å². The summed E-state index contributed by atoms with van der Waals surface area (Å²) in [7, 11) is 1.63. The van der Waals surface area contributed by atoms with Crippen molar-refractivity contribution in [2.24, 2.45) is 4.99 Å². The van der Waals surface area contributed by atoms with Crippen LogP contribution in [-0.4, -0.2) is 65.7 Å². The fourth-order valence-corrected chi connectivity index (χ4v) is 5.37. The minimum atomic E-state index is -0.834. The number of rotatable bonds is 7. The molecule has 0 saturated carbocycles. The second-order valence-electron chi connectivity index (χ2n) is 10.1. The Morgan fingerprint density at radius 1 is 1.20 bits per heavy atom. The van der Waals surface area contributed by atoms with E-state index in [4.69, 9.17) is 16.6 Å². The van der Waals surface area contributed by atoms with E-state index < -0.39 is 11.6 Å². The normalized spacial score (nSPS) is 15.7. The topological polar surface area (TPSA) is 69.1 Å². The summed E-state index contributed by atoms with van der Waals surface area (Å²) >= 11 is 6.72. The van der Waals surface area contributed by atoms with E-state index in [-0.39, 0.29) is 40.0 Å². The number of aliphatic imine (C=N–C) groups is 1. The Morgan fingerprint density at radius 2 is 1.93 bits per heavy atom. The van der Waals surface area contributed by atoms with Crippen LogP contribution in [0.1, 0.15) is 37.8 Å². The summed E-state index contributed by atoms with van der Waals surface area (Å²) in [6, 6.07) is 12.1. The average molecular weight is 580 g/mol. The lowest BCUT2D eigenvalue weighted by molar-refractivity contribution is -0.128. The van der Waals surface area contributed by atoms with Crippen molar-refractivity contribution in [2.45, 2.75) is 32.7 Å². The summed E-state index contributed by atoms with van der Waals surface area (Å²) in [6.07, 6.45) is 1.95. The van der Waals surface area contributed by atoms with Crippen molar-refractivity contribution in [1.82, 2.24) is 14.8 Å². The van der Waals surface area contributed by atoms with Gasteiger partial charge >= 0.3 is 0 Å². The monoisotopic (exact) mass is 579 g/mol. The number of para-hydroxylation sites is 1. The Labute approximate surface area is 243 Å². The zero-order chi connectivity index (χ0) is 29.8. The summed E-state index contributed by atoms with van der Waals surface area (Å²) in [4.78, 5) is 39.5. The first-order valence-electron chi connectivity index (χ1n) is 13.3. The number of amidine groups is 1. The van der Waals surface area contributed by atoms with E-state index in [0.717, 1.165) is 17.7 Å². The molecule has 2 heterocycles. The number of carbonyl (C=O) groups is 2. The third kappa shape index (κ3) is 6.00. The third-order valence-corrected chi connectivity index (χ3v) is 7.42. The van der Waals surface area contributed by atoms with E-state index in [1.807, 2.05) is 49.9 Å². The number of carbonyl (C=O) groups excluding carboxylic acids is 2. The molecule has 10 heteroatoms. The summed E-state index contributed by atoms with van der Waals surface area (Å²) in [5.41, 5.74) is 2.00. The highest BCUT2D eigenvalue weighted by atomic mass is 35.5. The Morgan fingerprint density at radius 3 is 2.54 bits per heavy atom. The Balaban J connectivity index is 1.93. The minimum Gasteiger partial charge on any atom is -0.350 e. The zero-order valence-corrected chi connectivity index (χ0v) is 24.2. The fraction of sp³-hybridized carbons (Fsp3) is 0.290. The van der Waals surface area contributed by atoms with Crippen LogP contribution in [0, 0.1) is 11.6 Å². The molecule has 0 aliphatic carbocycles. The van der Waals surface area contributed by atoms with Gasteiger partial charge in [0.1, 0.15) is 17.5 Å². The Kier molecular flexibility index (Phi) is 9.18. The number of amides is 2. The highest BCUT2D eigenvalue weighted by molar-refractivity contribution is 6.33. The zero-order valence-electron chi connectivity index (χ0n) is 23.4. The van der Waals surface area contributed by atoms with Crippen molar-refractivity contribution in [3.63, 3.8) is 0 Å². The molecule has 1 fully saturated rings. The number of halogens is 3. The number of hydrogen-bond donors (Lipinski definition) is 0. The van der Waals surface area contributed by atoms with Crippen LogP contribution in [-0.2, 0) is 9.59 Å². The van der Waals surface area contributed by atoms with Gasteiger partial charge in [-0.25, -0.2) is 13.8 Å². The lowest BCUT2D eigenvalue weighted by atomic mass is 10.00. The van der Waals surface area contributed by atoms with Crippen LogP contribution in [0.5, 0.6) is 0 Å². The first kappa shape index (κ1) is 29.9. The molecule has 214 valence electrons. The SMILES string of the molecule is C=CC(=O)N1CCN(C(=NC)c2cc(Cl)c(-c3ccc(F)cc3F)nc2N(C=O)c2ccccc2C(C)C)C(C)C1. The third-order valence-electron chi connectivity index (χ3n) is 7.13. The molecule has 0 spiro atoms. The molecule has 1 saturated heterocycles. The van der Waals surface area contributed by atoms with Crippen LogP contribution in [0.2, 0.25) is 5.02 Å². The summed E-state index contributed by atoms with van der Waals surface area (Å²) in [6.45, 7) is 10.9. The number of benzene rings is 2. The molecule has 1 unspecified atom stereocenters. The smallest absolute Gasteiger partial charge is 0.246 e. The molecule has 3 aromatic rings. The molecular formula is C31H32ClF2N5O2. The quantitative estimate of drug-likeness (QED) is 0.145. The molecule has 1 aromatic heterocycles. The van der Waals surface area contributed by atoms with Gasteiger partial charge in [0, 0.05) is 44.4 Å². The predicted octanol–water partition coefficient (Wildman–Crippen LogP) is 6.19. The molecule has 1 aliphatic rings. The first-order chi connectivity index (χ1) is 19.6. The Hall–Kier alpha value is -4.11. The van der Waals surface area contributed by atoms with E-state index in [2.05, 4.69) is 11.6 Å². The van der Waals surface area contributed by atoms with Crippen LogP contribution in [0.3, 0.4) is 0 Å². The van der Waals surface area contributed by atoms with Gasteiger partial charge in [0.15, 0.2) is 5.82 Å². The first-order valence-corrected chi connectivity index (χ1v) is 13.6. The summed E-state index contributed by atoms with van der Waals surface area (Å²) in [5, 5.41) is 0.103. The summed E-state index contributed by atoms with van der Waals surface area (Å²) in [5.74, 6) is -0.947. The lowest BCUT2D eigenvalue weighted by Gasteiger charge is -2.41. The molecule has 7 nitrogen and oxygen atoms in total. The second kappa shape index (κ2) is 12.6. The number of hydrogen-bond acceptors (Lipinski definition) is 4. The van der Waals surface area contributed by atoms with Crippen molar-refractivity contribution in [3.05, 3.63) is 89.0 Å². The minimum absolute atomic E-state index is 0.00731. The molecule has 2 amide bonds. The van der Waals surface area contributed by atoms with Crippen molar-refractivity contribution >= 4 is 41.3 Å². The van der Waals surface area contributed by atoms with Gasteiger partial charge < -0.3 is 9.80 Å². The highest BCUT2D eigenvalue weighted by Gasteiger charge is 2.32. The predicted molar refractivity (Wildman–Crippen MR) is 159 cm³/mol. The molecule has 0 N–H and O–H groups in total. The van der Waals surface area contributed by atoms with E-state index in [1.54, 1.807) is 18.0 Å². The summed E-state index contributed by atoms with van der Waals surface area (Å²) < 4.78 is 28.7. The van der Waals surface area contributed by atoms with Crippen LogP contribution in [0.25, 0.3) is 11.3 Å². The van der Waals surface area contributed by atoms with Crippen LogP contribution in [0.15, 0.2) is 66.2 Å². The maximum absolute atomic E-state index is 14.9. The average Bonchev–Trinajstić information content (AvgIpc) is 2.95. The van der Waals surface area contributed by atoms with E-state index in [9.17, 15) is 18.4 Å². The van der Waals surface area contributed by atoms with Crippen molar-refractivity contribution in [2.75, 3.05) is 31.6 Å². The molecule has 1 aliphatic heterocycles. The number of pyridine rings is 1. The van der Waals surface area contributed by atoms with E-state index in [1.165, 1.54) is 17.0 Å². The standard InChI is InChI=1S/C31H32ClF2N5O2/c1-6-28(41)37-13-14-38(20(4)17-37)30(35-5)24-16-25(32)29(23-12-11-21(33)15-26(23)34)36-31(24)39(18-40)27-10-8-7-9-22(27)19(2)3/h6-12,15-16,18-20H,1,13-14,17H2,2-5H3. The largest absolute Gasteiger partial charge is 0.350 e. The fourth-order valence-electron chi connectivity index (χ4n) is 5.12. The lowest BCUT2D eigenvalue weighted by Crippen LogP contribution is -2.55. The highest BCUT2D eigenvalue weighted by Crippen LogP contribution is 2.38. The number of piperazine rings is 1. The van der Waals surface area contributed by atoms with Crippen LogP contribution in [0.4, 0.5) is 20.3 Å². The molecule has 1 atom stereocenters. The van der Waals surface area contributed by atoms with Gasteiger partial charge in [0.2, 0.25) is 12.3 Å². The van der Waals surface area contributed by atoms with Gasteiger partial charge in [-0.2, -0.15) is 0 Å².